The molecule has 0 spiro atoms. The average molecular weight is 169 g/mol. The lowest BCUT2D eigenvalue weighted by atomic mass is 10.7. The second kappa shape index (κ2) is 5.52. The lowest BCUT2D eigenvalue weighted by molar-refractivity contribution is -0.136. The summed E-state index contributed by atoms with van der Waals surface area (Å²) >= 11 is 0. The van der Waals surface area contributed by atoms with Crippen LogP contribution in [0.2, 0.25) is 0 Å². The van der Waals surface area contributed by atoms with E-state index in [0.717, 1.165) is 0 Å². The number of carbonyl (C=O) groups is 1. The summed E-state index contributed by atoms with van der Waals surface area (Å²) in [5.74, 6) is -1.02. The van der Waals surface area contributed by atoms with Gasteiger partial charge in [0.05, 0.1) is 6.54 Å². The maximum absolute atomic E-state index is 9.81. The first-order valence-corrected chi connectivity index (χ1v) is 3.52. The van der Waals surface area contributed by atoms with E-state index >= 15 is 0 Å². The summed E-state index contributed by atoms with van der Waals surface area (Å²) in [4.78, 5) is 26.1. The largest absolute Gasteiger partial charge is 0.480 e. The lowest BCUT2D eigenvalue weighted by Gasteiger charge is -2.02. The van der Waals surface area contributed by atoms with Gasteiger partial charge in [-0.3, -0.25) is 14.6 Å². The van der Waals surface area contributed by atoms with Gasteiger partial charge >= 0.3 is 14.6 Å². The molecule has 0 aromatic carbocycles. The Kier molecular flexibility index (Phi) is 5.38. The molecule has 0 amide bonds. The minimum atomic E-state index is -2.39. The molecule has 10 heavy (non-hydrogen) atoms. The van der Waals surface area contributed by atoms with Gasteiger partial charge in [-0.15, -0.1) is 0 Å². The van der Waals surface area contributed by atoms with Crippen molar-refractivity contribution >= 4 is 14.6 Å². The number of rotatable bonds is 5. The molecule has 0 aromatic heterocycles. The molecule has 7 heteroatoms. The van der Waals surface area contributed by atoms with Crippen LogP contribution in [0, 0.1) is 0 Å². The molecule has 0 radical (unpaired) electrons. The van der Waals surface area contributed by atoms with Crippen LogP contribution in [-0.4, -0.2) is 34.1 Å². The Morgan fingerprint density at radius 1 is 1.60 bits per heavy atom. The topological polar surface area (TPSA) is 99.0 Å². The van der Waals surface area contributed by atoms with Gasteiger partial charge < -0.3 is 14.9 Å². The first kappa shape index (κ1) is 9.74. The van der Waals surface area contributed by atoms with Crippen molar-refractivity contribution in [3.63, 3.8) is 0 Å². The number of carboxylic acids is 1. The van der Waals surface area contributed by atoms with E-state index in [1.807, 2.05) is 0 Å². The quantitative estimate of drug-likeness (QED) is 0.235. The van der Waals surface area contributed by atoms with Crippen LogP contribution in [0.4, 0.5) is 0 Å². The lowest BCUT2D eigenvalue weighted by Crippen LogP contribution is -2.24. The van der Waals surface area contributed by atoms with Gasteiger partial charge in [0.2, 0.25) is 0 Å². The fraction of sp³-hybridized carbons (Fsp3) is 0.667. The van der Waals surface area contributed by atoms with E-state index < -0.39 is 14.6 Å². The summed E-state index contributed by atoms with van der Waals surface area (Å²) in [6, 6.07) is 0. The summed E-state index contributed by atoms with van der Waals surface area (Å²) in [7, 11) is -2.39. The minimum absolute atomic E-state index is 0.176. The van der Waals surface area contributed by atoms with Crippen molar-refractivity contribution in [2.75, 3.05) is 13.3 Å². The van der Waals surface area contributed by atoms with E-state index in [-0.39, 0.29) is 13.3 Å². The molecule has 0 fully saturated rings. The molecule has 0 saturated heterocycles. The van der Waals surface area contributed by atoms with E-state index in [2.05, 4.69) is 9.84 Å². The van der Waals surface area contributed by atoms with Crippen LogP contribution in [0.25, 0.3) is 0 Å². The van der Waals surface area contributed by atoms with Gasteiger partial charge in [-0.05, 0) is 0 Å². The summed E-state index contributed by atoms with van der Waals surface area (Å²) < 4.78 is 4.19. The highest BCUT2D eigenvalue weighted by atomic mass is 31.2. The molecule has 0 saturated carbocycles. The zero-order valence-electron chi connectivity index (χ0n) is 5.02. The second-order valence-corrected chi connectivity index (χ2v) is 2.11. The number of hydrogen-bond donors (Lipinski definition) is 4. The zero-order chi connectivity index (χ0) is 7.98. The molecule has 0 aliphatic heterocycles. The van der Waals surface area contributed by atoms with Gasteiger partial charge in [0.25, 0.3) is 0 Å². The summed E-state index contributed by atoms with van der Waals surface area (Å²) in [5.41, 5.74) is 0. The molecule has 0 rings (SSSR count). The van der Waals surface area contributed by atoms with E-state index in [9.17, 15) is 4.79 Å². The first-order valence-electron chi connectivity index (χ1n) is 2.36. The van der Waals surface area contributed by atoms with Crippen molar-refractivity contribution in [2.24, 2.45) is 0 Å². The molecular formula is C3H8NO5P. The van der Waals surface area contributed by atoms with Crippen molar-refractivity contribution < 1.29 is 24.2 Å². The van der Waals surface area contributed by atoms with Gasteiger partial charge in [-0.25, -0.2) is 0 Å². The average Bonchev–Trinajstić information content (AvgIpc) is 1.79. The van der Waals surface area contributed by atoms with E-state index in [1.54, 1.807) is 0 Å². The highest BCUT2D eigenvalue weighted by Gasteiger charge is 1.98. The molecule has 6 nitrogen and oxygen atoms in total. The molecule has 0 unspecified atom stereocenters. The molecule has 0 bridgehead atoms. The van der Waals surface area contributed by atoms with Gasteiger partial charge in [-0.1, -0.05) is 0 Å². The minimum Gasteiger partial charge on any atom is -0.480 e. The summed E-state index contributed by atoms with van der Waals surface area (Å²) in [6.07, 6.45) is 0. The zero-order valence-corrected chi connectivity index (χ0v) is 5.91. The second-order valence-electron chi connectivity index (χ2n) is 1.35. The third-order valence-corrected chi connectivity index (χ3v) is 0.918. The Bertz CT molecular complexity index is 107. The normalized spacial score (nSPS) is 10.3. The molecule has 0 aliphatic rings. The van der Waals surface area contributed by atoms with Gasteiger partial charge in [-0.2, -0.15) is 0 Å². The molecular weight excluding hydrogens is 161 g/mol. The molecule has 0 heterocycles. The Morgan fingerprint density at radius 3 is 2.60 bits per heavy atom. The van der Waals surface area contributed by atoms with Gasteiger partial charge in [0, 0.05) is 0 Å². The SMILES string of the molecule is O=C(O)CNCOP(O)O. The Balaban J connectivity index is 2.98. The number of carboxylic acid groups (broad SMARTS) is 1. The molecule has 0 aromatic rings. The Morgan fingerprint density at radius 2 is 2.20 bits per heavy atom. The Hall–Kier alpha value is -0.260. The number of nitrogens with one attached hydrogen (secondary N) is 1. The monoisotopic (exact) mass is 169 g/mol. The first-order chi connectivity index (χ1) is 4.63. The molecule has 4 N–H and O–H groups in total. The van der Waals surface area contributed by atoms with Crippen LogP contribution in [0.1, 0.15) is 0 Å². The smallest absolute Gasteiger partial charge is 0.328 e. The maximum atomic E-state index is 9.81. The number of hydrogen-bond acceptors (Lipinski definition) is 5. The van der Waals surface area contributed by atoms with Gasteiger partial charge in [0.15, 0.2) is 0 Å². The molecule has 0 aliphatic carbocycles. The van der Waals surface area contributed by atoms with Crippen molar-refractivity contribution in [1.29, 1.82) is 0 Å². The Labute approximate surface area is 58.4 Å². The van der Waals surface area contributed by atoms with E-state index in [1.165, 1.54) is 0 Å². The van der Waals surface area contributed by atoms with Crippen LogP contribution in [0.15, 0.2) is 0 Å². The standard InChI is InChI=1S/C3H8NO5P/c5-3(6)1-4-2-9-10(7)8/h4,7-8H,1-2H2,(H,5,6). The fourth-order valence-corrected chi connectivity index (χ4v) is 0.468. The van der Waals surface area contributed by atoms with E-state index in [0.29, 0.717) is 0 Å². The van der Waals surface area contributed by atoms with Crippen LogP contribution in [0.5, 0.6) is 0 Å². The van der Waals surface area contributed by atoms with Crippen molar-refractivity contribution in [3.05, 3.63) is 0 Å². The molecule has 60 valence electrons. The summed E-state index contributed by atoms with van der Waals surface area (Å²) in [6.45, 7) is -0.436. The van der Waals surface area contributed by atoms with Crippen LogP contribution < -0.4 is 5.32 Å². The number of aliphatic carboxylic acids is 1. The maximum Gasteiger partial charge on any atom is 0.328 e. The van der Waals surface area contributed by atoms with Gasteiger partial charge in [0.1, 0.15) is 6.73 Å². The predicted octanol–water partition coefficient (Wildman–Crippen LogP) is -1.15. The molecule has 0 atom stereocenters. The third kappa shape index (κ3) is 7.74. The van der Waals surface area contributed by atoms with Crippen LogP contribution >= 0.6 is 8.60 Å². The highest BCUT2D eigenvalue weighted by molar-refractivity contribution is 7.39. The van der Waals surface area contributed by atoms with Crippen LogP contribution in [-0.2, 0) is 9.32 Å². The van der Waals surface area contributed by atoms with Crippen LogP contribution in [0.3, 0.4) is 0 Å². The fourth-order valence-electron chi connectivity index (χ4n) is 0.261. The van der Waals surface area contributed by atoms with E-state index in [4.69, 9.17) is 14.9 Å². The summed E-state index contributed by atoms with van der Waals surface area (Å²) in [5, 5.41) is 10.3. The highest BCUT2D eigenvalue weighted by Crippen LogP contribution is 2.22. The van der Waals surface area contributed by atoms with Crippen molar-refractivity contribution in [3.8, 4) is 0 Å². The predicted molar refractivity (Wildman–Crippen MR) is 32.9 cm³/mol. The van der Waals surface area contributed by atoms with Crippen molar-refractivity contribution in [1.82, 2.24) is 5.32 Å². The van der Waals surface area contributed by atoms with Crippen molar-refractivity contribution in [2.45, 2.75) is 0 Å². The third-order valence-electron chi connectivity index (χ3n) is 0.558.